The van der Waals surface area contributed by atoms with Gasteiger partial charge in [0, 0.05) is 17.9 Å². The number of hydrogen-bond donors (Lipinski definition) is 1. The summed E-state index contributed by atoms with van der Waals surface area (Å²) < 4.78 is 12.0. The largest absolute Gasteiger partial charge is 0.497 e. The second-order valence-corrected chi connectivity index (χ2v) is 5.40. The third kappa shape index (κ3) is 2.65. The maximum absolute atomic E-state index is 5.98. The number of aromatic nitrogens is 2. The number of nitrogen functional groups attached to an aromatic ring is 1. The molecule has 98 valence electrons. The molecule has 2 unspecified atom stereocenters. The van der Waals surface area contributed by atoms with Gasteiger partial charge < -0.3 is 15.0 Å². The van der Waals surface area contributed by atoms with Crippen LogP contribution in [-0.4, -0.2) is 29.3 Å². The smallest absolute Gasteiger partial charge is 0.401 e. The second kappa shape index (κ2) is 5.24. The molecule has 2 N–H and O–H groups in total. The maximum atomic E-state index is 5.98. The summed E-state index contributed by atoms with van der Waals surface area (Å²) in [4.78, 5) is 7.94. The third-order valence-corrected chi connectivity index (χ3v) is 3.16. The van der Waals surface area contributed by atoms with Gasteiger partial charge in [0.1, 0.15) is 0 Å². The van der Waals surface area contributed by atoms with Gasteiger partial charge in [-0.3, -0.25) is 0 Å². The SMILES string of the molecule is CC(C)C1OB(c2cnc(N)nc2)OC1C(C)C. The van der Waals surface area contributed by atoms with Gasteiger partial charge in [0.15, 0.2) is 0 Å². The van der Waals surface area contributed by atoms with Crippen LogP contribution >= 0.6 is 0 Å². The maximum Gasteiger partial charge on any atom is 0.497 e. The first-order valence-electron chi connectivity index (χ1n) is 6.37. The van der Waals surface area contributed by atoms with Gasteiger partial charge in [-0.2, -0.15) is 0 Å². The fourth-order valence-corrected chi connectivity index (χ4v) is 2.17. The van der Waals surface area contributed by atoms with E-state index < -0.39 is 0 Å². The van der Waals surface area contributed by atoms with Crippen molar-refractivity contribution in [1.82, 2.24) is 9.97 Å². The van der Waals surface area contributed by atoms with E-state index in [0.717, 1.165) is 5.46 Å². The van der Waals surface area contributed by atoms with Crippen molar-refractivity contribution in [3.8, 4) is 0 Å². The molecule has 0 bridgehead atoms. The van der Waals surface area contributed by atoms with E-state index in [-0.39, 0.29) is 25.3 Å². The molecule has 0 aliphatic carbocycles. The molecule has 1 saturated heterocycles. The number of anilines is 1. The molecular weight excluding hydrogens is 229 g/mol. The van der Waals surface area contributed by atoms with E-state index in [4.69, 9.17) is 15.0 Å². The molecule has 0 radical (unpaired) electrons. The highest BCUT2D eigenvalue weighted by atomic mass is 16.7. The third-order valence-electron chi connectivity index (χ3n) is 3.16. The molecule has 0 spiro atoms. The average Bonchev–Trinajstić information content (AvgIpc) is 2.75. The topological polar surface area (TPSA) is 70.3 Å². The van der Waals surface area contributed by atoms with Crippen molar-refractivity contribution in [1.29, 1.82) is 0 Å². The van der Waals surface area contributed by atoms with Crippen molar-refractivity contribution in [3.05, 3.63) is 12.4 Å². The molecule has 0 saturated carbocycles. The van der Waals surface area contributed by atoms with Gasteiger partial charge in [-0.05, 0) is 11.8 Å². The Kier molecular flexibility index (Phi) is 3.87. The summed E-state index contributed by atoms with van der Waals surface area (Å²) >= 11 is 0. The van der Waals surface area contributed by atoms with Crippen molar-refractivity contribution >= 4 is 18.5 Å². The normalized spacial score (nSPS) is 24.2. The zero-order valence-corrected chi connectivity index (χ0v) is 11.3. The molecule has 5 nitrogen and oxygen atoms in total. The zero-order valence-electron chi connectivity index (χ0n) is 11.3. The van der Waals surface area contributed by atoms with E-state index >= 15 is 0 Å². The molecule has 0 amide bonds. The molecule has 2 atom stereocenters. The number of rotatable bonds is 3. The van der Waals surface area contributed by atoms with Crippen LogP contribution in [0.15, 0.2) is 12.4 Å². The Morgan fingerprint density at radius 2 is 1.50 bits per heavy atom. The van der Waals surface area contributed by atoms with E-state index in [1.165, 1.54) is 0 Å². The predicted octanol–water partition coefficient (Wildman–Crippen LogP) is 0.850. The molecule has 1 aromatic rings. The Hall–Kier alpha value is -1.14. The van der Waals surface area contributed by atoms with Crippen LogP contribution < -0.4 is 11.2 Å². The van der Waals surface area contributed by atoms with Gasteiger partial charge >= 0.3 is 7.12 Å². The van der Waals surface area contributed by atoms with E-state index in [2.05, 4.69) is 37.7 Å². The van der Waals surface area contributed by atoms with Gasteiger partial charge in [0.05, 0.1) is 12.2 Å². The van der Waals surface area contributed by atoms with Crippen LogP contribution in [0.3, 0.4) is 0 Å². The van der Waals surface area contributed by atoms with Crippen LogP contribution in [0.2, 0.25) is 0 Å². The lowest BCUT2D eigenvalue weighted by Crippen LogP contribution is -2.34. The number of nitrogens with two attached hydrogens (primary N) is 1. The van der Waals surface area contributed by atoms with Gasteiger partial charge in [-0.1, -0.05) is 27.7 Å². The van der Waals surface area contributed by atoms with Gasteiger partial charge in [-0.25, -0.2) is 9.97 Å². The predicted molar refractivity (Wildman–Crippen MR) is 71.3 cm³/mol. The summed E-state index contributed by atoms with van der Waals surface area (Å²) in [7, 11) is -0.384. The zero-order chi connectivity index (χ0) is 13.3. The molecule has 6 heteroatoms. The number of nitrogens with zero attached hydrogens (tertiary/aromatic N) is 2. The number of hydrogen-bond acceptors (Lipinski definition) is 5. The standard InChI is InChI=1S/C12H20BN3O2/c1-7(2)10-11(8(3)4)18-13(17-10)9-5-15-12(14)16-6-9/h5-8,10-11H,1-4H3,(H2,14,15,16). The Morgan fingerprint density at radius 3 is 1.89 bits per heavy atom. The van der Waals surface area contributed by atoms with E-state index in [0.29, 0.717) is 11.8 Å². The summed E-state index contributed by atoms with van der Waals surface area (Å²) in [6, 6.07) is 0. The first-order chi connectivity index (χ1) is 8.49. The fourth-order valence-electron chi connectivity index (χ4n) is 2.17. The Bertz CT molecular complexity index is 381. The highest BCUT2D eigenvalue weighted by Gasteiger charge is 2.43. The van der Waals surface area contributed by atoms with Crippen LogP contribution in [0.25, 0.3) is 0 Å². The molecule has 1 aliphatic heterocycles. The minimum absolute atomic E-state index is 0.104. The summed E-state index contributed by atoms with van der Waals surface area (Å²) in [5, 5.41) is 0. The minimum atomic E-state index is -0.384. The molecule has 0 aromatic carbocycles. The summed E-state index contributed by atoms with van der Waals surface area (Å²) in [6.45, 7) is 8.58. The molecule has 18 heavy (non-hydrogen) atoms. The molecular formula is C12H20BN3O2. The molecule has 1 aliphatic rings. The average molecular weight is 249 g/mol. The quantitative estimate of drug-likeness (QED) is 0.804. The van der Waals surface area contributed by atoms with Crippen LogP contribution in [0, 0.1) is 11.8 Å². The van der Waals surface area contributed by atoms with Crippen LogP contribution in [0.1, 0.15) is 27.7 Å². The molecule has 2 heterocycles. The second-order valence-electron chi connectivity index (χ2n) is 5.40. The minimum Gasteiger partial charge on any atom is -0.401 e. The first kappa shape index (κ1) is 13.3. The summed E-state index contributed by atoms with van der Waals surface area (Å²) in [6.07, 6.45) is 3.53. The van der Waals surface area contributed by atoms with Crippen molar-refractivity contribution in [2.45, 2.75) is 39.9 Å². The Morgan fingerprint density at radius 1 is 1.06 bits per heavy atom. The van der Waals surface area contributed by atoms with E-state index in [1.54, 1.807) is 12.4 Å². The van der Waals surface area contributed by atoms with Gasteiger partial charge in [-0.15, -0.1) is 0 Å². The Labute approximate surface area is 108 Å². The van der Waals surface area contributed by atoms with Crippen LogP contribution in [-0.2, 0) is 9.31 Å². The first-order valence-corrected chi connectivity index (χ1v) is 6.37. The van der Waals surface area contributed by atoms with Gasteiger partial charge in [0.2, 0.25) is 5.95 Å². The lowest BCUT2D eigenvalue weighted by Gasteiger charge is -2.24. The van der Waals surface area contributed by atoms with Crippen molar-refractivity contribution in [2.24, 2.45) is 11.8 Å². The Balaban J connectivity index is 2.15. The van der Waals surface area contributed by atoms with Gasteiger partial charge in [0.25, 0.3) is 0 Å². The highest BCUT2D eigenvalue weighted by Crippen LogP contribution is 2.27. The van der Waals surface area contributed by atoms with E-state index in [9.17, 15) is 0 Å². The molecule has 1 aromatic heterocycles. The summed E-state index contributed by atoms with van der Waals surface area (Å²) in [5.41, 5.74) is 6.29. The summed E-state index contributed by atoms with van der Waals surface area (Å²) in [5.74, 6) is 1.09. The monoisotopic (exact) mass is 249 g/mol. The fraction of sp³-hybridized carbons (Fsp3) is 0.667. The highest BCUT2D eigenvalue weighted by molar-refractivity contribution is 6.61. The van der Waals surface area contributed by atoms with Crippen molar-refractivity contribution in [2.75, 3.05) is 5.73 Å². The van der Waals surface area contributed by atoms with E-state index in [1.807, 2.05) is 0 Å². The molecule has 2 rings (SSSR count). The molecule has 1 fully saturated rings. The van der Waals surface area contributed by atoms with Crippen LogP contribution in [0.4, 0.5) is 5.95 Å². The lowest BCUT2D eigenvalue weighted by molar-refractivity contribution is 0.0815. The van der Waals surface area contributed by atoms with Crippen molar-refractivity contribution < 1.29 is 9.31 Å². The van der Waals surface area contributed by atoms with Crippen molar-refractivity contribution in [3.63, 3.8) is 0 Å². The van der Waals surface area contributed by atoms with Crippen LogP contribution in [0.5, 0.6) is 0 Å². The lowest BCUT2D eigenvalue weighted by atomic mass is 9.81.